The van der Waals surface area contributed by atoms with Crippen molar-refractivity contribution < 1.29 is 33.6 Å². The van der Waals surface area contributed by atoms with Crippen LogP contribution < -0.4 is 16.0 Å². The smallest absolute Gasteiger partial charge is 0.333 e. The lowest BCUT2D eigenvalue weighted by atomic mass is 9.71. The van der Waals surface area contributed by atoms with Gasteiger partial charge in [0.05, 0.1) is 0 Å². The molecule has 1 heterocycles. The van der Waals surface area contributed by atoms with Crippen molar-refractivity contribution in [3.8, 4) is 0 Å². The highest BCUT2D eigenvalue weighted by molar-refractivity contribution is 6.01. The van der Waals surface area contributed by atoms with Gasteiger partial charge in [-0.2, -0.15) is 0 Å². The van der Waals surface area contributed by atoms with Crippen molar-refractivity contribution in [1.29, 1.82) is 0 Å². The van der Waals surface area contributed by atoms with Gasteiger partial charge in [-0.3, -0.25) is 24.0 Å². The molecule has 0 aromatic rings. The number of nitrogens with one attached hydrogen (secondary N) is 3. The van der Waals surface area contributed by atoms with Crippen LogP contribution in [0.25, 0.3) is 0 Å². The third-order valence-corrected chi connectivity index (χ3v) is 5.54. The van der Waals surface area contributed by atoms with Crippen molar-refractivity contribution in [1.82, 2.24) is 21.0 Å². The number of nitrogens with zero attached hydrogens (tertiary/aromatic N) is 1. The summed E-state index contributed by atoms with van der Waals surface area (Å²) in [5.74, 6) is -2.47. The molecule has 0 spiro atoms. The molecule has 0 aromatic heterocycles. The van der Waals surface area contributed by atoms with Gasteiger partial charge in [0.1, 0.15) is 0 Å². The maximum absolute atomic E-state index is 12.3. The van der Waals surface area contributed by atoms with Gasteiger partial charge in [0.25, 0.3) is 11.8 Å². The molecule has 1 aliphatic heterocycles. The zero-order valence-corrected chi connectivity index (χ0v) is 18.4. The molecule has 3 N–H and O–H groups in total. The van der Waals surface area contributed by atoms with Gasteiger partial charge >= 0.3 is 5.97 Å². The summed E-state index contributed by atoms with van der Waals surface area (Å²) >= 11 is 0. The van der Waals surface area contributed by atoms with Crippen LogP contribution in [0, 0.1) is 5.41 Å². The SMILES string of the molecule is CNC(=O)CCC(CCC(=O)NC)(CCC(=O)NC)CCC(=O)ON1C(=O)CCC1=O. The van der Waals surface area contributed by atoms with E-state index in [0.29, 0.717) is 24.3 Å². The van der Waals surface area contributed by atoms with Crippen LogP contribution >= 0.6 is 0 Å². The lowest BCUT2D eigenvalue weighted by molar-refractivity contribution is -0.197. The fourth-order valence-corrected chi connectivity index (χ4v) is 3.43. The molecule has 0 aromatic carbocycles. The van der Waals surface area contributed by atoms with Crippen LogP contribution in [0.15, 0.2) is 0 Å². The van der Waals surface area contributed by atoms with Gasteiger partial charge in [0, 0.05) is 59.7 Å². The average molecular weight is 440 g/mol. The standard InChI is InChI=1S/C20H32N4O7/c1-21-14(25)6-10-20(11-7-15(26)22-2,12-8-16(27)23-3)13-9-19(30)31-24-17(28)4-5-18(24)29/h4-13H2,1-3H3,(H,21,25)(H,22,26)(H,23,27). The summed E-state index contributed by atoms with van der Waals surface area (Å²) in [6, 6.07) is 0. The number of hydrogen-bond donors (Lipinski definition) is 3. The fraction of sp³-hybridized carbons (Fsp3) is 0.700. The van der Waals surface area contributed by atoms with Gasteiger partial charge in [-0.05, 0) is 31.1 Å². The van der Waals surface area contributed by atoms with E-state index in [9.17, 15) is 28.8 Å². The normalized spacial score (nSPS) is 13.7. The molecule has 0 atom stereocenters. The zero-order chi connectivity index (χ0) is 23.4. The van der Waals surface area contributed by atoms with Gasteiger partial charge in [-0.15, -0.1) is 5.06 Å². The Labute approximate surface area is 181 Å². The van der Waals surface area contributed by atoms with E-state index in [2.05, 4.69) is 16.0 Å². The molecule has 174 valence electrons. The maximum atomic E-state index is 12.3. The fourth-order valence-electron chi connectivity index (χ4n) is 3.43. The van der Waals surface area contributed by atoms with Crippen LogP contribution in [0.2, 0.25) is 0 Å². The molecule has 0 radical (unpaired) electrons. The molecule has 1 aliphatic rings. The summed E-state index contributed by atoms with van der Waals surface area (Å²) in [5.41, 5.74) is -0.663. The molecule has 0 saturated carbocycles. The first-order valence-electron chi connectivity index (χ1n) is 10.3. The van der Waals surface area contributed by atoms with Crippen molar-refractivity contribution in [2.45, 2.75) is 64.2 Å². The molecular formula is C20H32N4O7. The number of hydrogen-bond acceptors (Lipinski definition) is 7. The Morgan fingerprint density at radius 2 is 1.10 bits per heavy atom. The van der Waals surface area contributed by atoms with Crippen molar-refractivity contribution in [3.05, 3.63) is 0 Å². The second kappa shape index (κ2) is 12.7. The van der Waals surface area contributed by atoms with Crippen LogP contribution in [-0.4, -0.2) is 61.7 Å². The van der Waals surface area contributed by atoms with E-state index in [4.69, 9.17) is 4.84 Å². The molecule has 5 amide bonds. The highest BCUT2D eigenvalue weighted by Crippen LogP contribution is 2.40. The molecule has 11 heteroatoms. The van der Waals surface area contributed by atoms with Gasteiger partial charge in [0.2, 0.25) is 17.7 Å². The van der Waals surface area contributed by atoms with Crippen molar-refractivity contribution in [3.63, 3.8) is 0 Å². The van der Waals surface area contributed by atoms with E-state index in [0.717, 1.165) is 0 Å². The Morgan fingerprint density at radius 3 is 1.45 bits per heavy atom. The maximum Gasteiger partial charge on any atom is 0.333 e. The molecule has 0 unspecified atom stereocenters. The summed E-state index contributed by atoms with van der Waals surface area (Å²) in [5, 5.41) is 8.11. The minimum Gasteiger partial charge on any atom is -0.359 e. The third kappa shape index (κ3) is 8.73. The van der Waals surface area contributed by atoms with Gasteiger partial charge in [0.15, 0.2) is 0 Å². The lowest BCUT2D eigenvalue weighted by Gasteiger charge is -2.34. The highest BCUT2D eigenvalue weighted by atomic mass is 16.7. The Balaban J connectivity index is 2.92. The number of carbonyl (C=O) groups is 6. The minimum atomic E-state index is -0.757. The number of imide groups is 1. The average Bonchev–Trinajstić information content (AvgIpc) is 3.09. The molecule has 1 fully saturated rings. The van der Waals surface area contributed by atoms with Crippen LogP contribution in [0.1, 0.15) is 64.2 Å². The minimum absolute atomic E-state index is 0.000435. The first kappa shape index (κ1) is 26.1. The number of hydroxylamine groups is 2. The summed E-state index contributed by atoms with van der Waals surface area (Å²) in [6.45, 7) is 0. The monoisotopic (exact) mass is 440 g/mol. The second-order valence-electron chi connectivity index (χ2n) is 7.56. The second-order valence-corrected chi connectivity index (χ2v) is 7.56. The largest absolute Gasteiger partial charge is 0.359 e. The molecule has 1 saturated heterocycles. The first-order valence-corrected chi connectivity index (χ1v) is 10.3. The molecule has 0 aliphatic carbocycles. The number of rotatable bonds is 13. The third-order valence-electron chi connectivity index (χ3n) is 5.54. The zero-order valence-electron chi connectivity index (χ0n) is 18.4. The van der Waals surface area contributed by atoms with Gasteiger partial charge in [-0.1, -0.05) is 0 Å². The van der Waals surface area contributed by atoms with Crippen LogP contribution in [0.5, 0.6) is 0 Å². The first-order chi connectivity index (χ1) is 14.7. The predicted molar refractivity (Wildman–Crippen MR) is 109 cm³/mol. The predicted octanol–water partition coefficient (Wildman–Crippen LogP) is -0.0612. The molecule has 31 heavy (non-hydrogen) atoms. The van der Waals surface area contributed by atoms with E-state index in [1.54, 1.807) is 0 Å². The van der Waals surface area contributed by atoms with Crippen molar-refractivity contribution in [2.24, 2.45) is 5.41 Å². The number of carbonyl (C=O) groups excluding carboxylic acids is 6. The lowest BCUT2D eigenvalue weighted by Crippen LogP contribution is -2.34. The Morgan fingerprint density at radius 1 is 0.742 bits per heavy atom. The summed E-state index contributed by atoms with van der Waals surface area (Å²) in [4.78, 5) is 76.1. The van der Waals surface area contributed by atoms with Crippen molar-refractivity contribution in [2.75, 3.05) is 21.1 Å². The highest BCUT2D eigenvalue weighted by Gasteiger charge is 2.35. The quantitative estimate of drug-likeness (QED) is 0.339. The summed E-state index contributed by atoms with van der Waals surface area (Å²) in [7, 11) is 4.54. The Hall–Kier alpha value is -2.98. The van der Waals surface area contributed by atoms with Gasteiger partial charge in [-0.25, -0.2) is 4.79 Å². The molecular weight excluding hydrogens is 408 g/mol. The van der Waals surface area contributed by atoms with Gasteiger partial charge < -0.3 is 20.8 Å². The van der Waals surface area contributed by atoms with E-state index in [-0.39, 0.29) is 62.7 Å². The van der Waals surface area contributed by atoms with Crippen LogP contribution in [0.3, 0.4) is 0 Å². The summed E-state index contributed by atoms with van der Waals surface area (Å²) in [6.07, 6.45) is 1.66. The van der Waals surface area contributed by atoms with E-state index in [1.165, 1.54) is 21.1 Å². The van der Waals surface area contributed by atoms with E-state index in [1.807, 2.05) is 0 Å². The topological polar surface area (TPSA) is 151 Å². The van der Waals surface area contributed by atoms with Crippen molar-refractivity contribution >= 4 is 35.5 Å². The Kier molecular flexibility index (Phi) is 10.6. The molecule has 11 nitrogen and oxygen atoms in total. The van der Waals surface area contributed by atoms with E-state index >= 15 is 0 Å². The van der Waals surface area contributed by atoms with E-state index < -0.39 is 23.2 Å². The molecule has 1 rings (SSSR count). The van der Waals surface area contributed by atoms with Crippen LogP contribution in [-0.2, 0) is 33.6 Å². The Bertz CT molecular complexity index is 641. The van der Waals surface area contributed by atoms with Crippen LogP contribution in [0.4, 0.5) is 0 Å². The molecule has 0 bridgehead atoms. The summed E-state index contributed by atoms with van der Waals surface area (Å²) < 4.78 is 0. The number of amides is 5.